The fourth-order valence-electron chi connectivity index (χ4n) is 9.07. The predicted octanol–water partition coefficient (Wildman–Crippen LogP) is 6.09. The highest BCUT2D eigenvalue weighted by atomic mass is 32.2. The zero-order chi connectivity index (χ0) is 43.4. The number of benzene rings is 2. The molecule has 0 bridgehead atoms. The molecule has 3 N–H and O–H groups in total. The van der Waals surface area contributed by atoms with Gasteiger partial charge in [0.25, 0.3) is 11.8 Å². The molecule has 0 spiro atoms. The number of sulfonamides is 1. The normalized spacial score (nSPS) is 26.9. The van der Waals surface area contributed by atoms with Crippen molar-refractivity contribution in [3.8, 4) is 17.3 Å². The maximum atomic E-state index is 14.8. The molecule has 0 radical (unpaired) electrons. The minimum Gasteiger partial charge on any atom is -0.470 e. The molecule has 1 saturated heterocycles. The van der Waals surface area contributed by atoms with E-state index in [1.807, 2.05) is 12.2 Å². The highest BCUT2D eigenvalue weighted by Crippen LogP contribution is 2.46. The van der Waals surface area contributed by atoms with Gasteiger partial charge in [0.1, 0.15) is 34.8 Å². The summed E-state index contributed by atoms with van der Waals surface area (Å²) in [7, 11) is -3.96. The molecule has 4 aromatic rings. The van der Waals surface area contributed by atoms with Crippen LogP contribution in [0.2, 0.25) is 0 Å². The van der Waals surface area contributed by atoms with Gasteiger partial charge in [-0.25, -0.2) is 13.4 Å². The lowest BCUT2D eigenvalue weighted by Gasteiger charge is -2.30. The minimum absolute atomic E-state index is 0.0473. The number of para-hydroxylation sites is 1. The summed E-state index contributed by atoms with van der Waals surface area (Å²) in [6.45, 7) is -0.146. The Labute approximate surface area is 355 Å². The van der Waals surface area contributed by atoms with Gasteiger partial charge in [0, 0.05) is 29.2 Å². The van der Waals surface area contributed by atoms with Gasteiger partial charge < -0.3 is 24.7 Å². The average Bonchev–Trinajstić information content (AvgIpc) is 4.03. The van der Waals surface area contributed by atoms with Crippen LogP contribution in [0, 0.1) is 11.8 Å². The van der Waals surface area contributed by atoms with E-state index in [0.29, 0.717) is 48.6 Å². The molecule has 2 aromatic heterocycles. The number of hydrogen-bond acceptors (Lipinski definition) is 10. The lowest BCUT2D eigenvalue weighted by atomic mass is 10.0. The van der Waals surface area contributed by atoms with Crippen molar-refractivity contribution in [3.63, 3.8) is 0 Å². The van der Waals surface area contributed by atoms with Crippen LogP contribution >= 0.6 is 0 Å². The van der Waals surface area contributed by atoms with E-state index in [4.69, 9.17) is 9.15 Å². The van der Waals surface area contributed by atoms with E-state index in [9.17, 15) is 40.8 Å². The van der Waals surface area contributed by atoms with Crippen LogP contribution in [-0.4, -0.2) is 82.4 Å². The first-order valence-corrected chi connectivity index (χ1v) is 22.9. The summed E-state index contributed by atoms with van der Waals surface area (Å²) in [4.78, 5) is 67.4. The van der Waals surface area contributed by atoms with E-state index in [1.165, 1.54) is 17.0 Å². The van der Waals surface area contributed by atoms with Gasteiger partial charge in [-0.05, 0) is 75.6 Å². The van der Waals surface area contributed by atoms with Gasteiger partial charge in [-0.15, -0.1) is 0 Å². The standard InChI is InChI=1S/C44H47F3N6O8S/c45-44(46,47)27-18-16-25(17-19-27)37-49-35-31-13-8-9-15-34(31)61-36(35)40(50-37)60-29-22-33-39(55)51-43(42(57)52-62(58,59)30-20-21-30)23-28(43)12-4-2-1-3-5-14-32(41(56)53(33)24-29)48-38(54)26-10-6-7-11-26/h4,8-9,12-13,15-19,26,28-30,32-33H,1-3,5-7,10-11,14,20-24H2,(H,48,54)(H,51,55)(H,52,57)/b12-4-/t28-,29+,32-,33-,43+/m0/s1. The number of fused-ring (bicyclic) bond motifs is 5. The van der Waals surface area contributed by atoms with Crippen molar-refractivity contribution in [2.24, 2.45) is 11.8 Å². The summed E-state index contributed by atoms with van der Waals surface area (Å²) in [6, 6.07) is 9.23. The highest BCUT2D eigenvalue weighted by molar-refractivity contribution is 7.91. The van der Waals surface area contributed by atoms with Gasteiger partial charge in [0.2, 0.25) is 33.3 Å². The largest absolute Gasteiger partial charge is 0.470 e. The van der Waals surface area contributed by atoms with Gasteiger partial charge in [0.05, 0.1) is 17.4 Å². The molecular weight excluding hydrogens is 830 g/mol. The number of carbonyl (C=O) groups is 4. The van der Waals surface area contributed by atoms with Crippen molar-refractivity contribution in [2.45, 2.75) is 119 Å². The second-order valence-corrected chi connectivity index (χ2v) is 19.2. The SMILES string of the molecule is O=C(N[C@H]1CCCCC/C=C\[C@H]2C[C@@]2(C(=O)NS(=O)(=O)C2CC2)NC(=O)[C@@H]2C[C@@H](Oc3nc(-c4ccc(C(F)(F)F)cc4)nc4c3oc3ccccc34)CN2C1=O)C1CCCC1. The molecule has 14 nitrogen and oxygen atoms in total. The Morgan fingerprint density at radius 3 is 2.42 bits per heavy atom. The summed E-state index contributed by atoms with van der Waals surface area (Å²) < 4.78 is 81.2. The molecule has 18 heteroatoms. The Morgan fingerprint density at radius 1 is 0.935 bits per heavy atom. The maximum absolute atomic E-state index is 14.8. The Bertz CT molecular complexity index is 2550. The number of carbonyl (C=O) groups excluding carboxylic acids is 4. The number of ether oxygens (including phenoxy) is 1. The first kappa shape index (κ1) is 41.8. The third kappa shape index (κ3) is 8.37. The van der Waals surface area contributed by atoms with Gasteiger partial charge >= 0.3 is 6.18 Å². The third-order valence-electron chi connectivity index (χ3n) is 12.8. The third-order valence-corrected chi connectivity index (χ3v) is 14.6. The van der Waals surface area contributed by atoms with Crippen molar-refractivity contribution in [2.75, 3.05) is 6.54 Å². The second-order valence-electron chi connectivity index (χ2n) is 17.2. The summed E-state index contributed by atoms with van der Waals surface area (Å²) in [5, 5.41) is 5.78. The Morgan fingerprint density at radius 2 is 1.68 bits per heavy atom. The molecule has 3 aliphatic carbocycles. The van der Waals surface area contributed by atoms with Crippen molar-refractivity contribution >= 4 is 55.7 Å². The van der Waals surface area contributed by atoms with Crippen LogP contribution in [0.3, 0.4) is 0 Å². The topological polar surface area (TPSA) is 190 Å². The number of nitrogens with one attached hydrogen (secondary N) is 3. The van der Waals surface area contributed by atoms with Crippen molar-refractivity contribution in [3.05, 3.63) is 66.2 Å². The first-order chi connectivity index (χ1) is 29.7. The monoisotopic (exact) mass is 876 g/mol. The highest BCUT2D eigenvalue weighted by Gasteiger charge is 2.62. The number of alkyl halides is 3. The molecule has 4 heterocycles. The van der Waals surface area contributed by atoms with E-state index >= 15 is 0 Å². The van der Waals surface area contributed by atoms with Crippen LogP contribution < -0.4 is 20.1 Å². The van der Waals surface area contributed by atoms with Gasteiger partial charge in [0.15, 0.2) is 5.82 Å². The van der Waals surface area contributed by atoms with Gasteiger partial charge in [-0.3, -0.25) is 23.9 Å². The minimum atomic E-state index is -4.56. The van der Waals surface area contributed by atoms with Crippen LogP contribution in [-0.2, 0) is 35.4 Å². The average molecular weight is 877 g/mol. The van der Waals surface area contributed by atoms with E-state index in [0.717, 1.165) is 50.7 Å². The number of aromatic nitrogens is 2. The maximum Gasteiger partial charge on any atom is 0.416 e. The van der Waals surface area contributed by atoms with Crippen molar-refractivity contribution in [1.29, 1.82) is 0 Å². The van der Waals surface area contributed by atoms with E-state index < -0.39 is 74.4 Å². The molecule has 328 valence electrons. The quantitative estimate of drug-likeness (QED) is 0.175. The molecule has 2 aliphatic heterocycles. The van der Waals surface area contributed by atoms with Crippen LogP contribution in [0.15, 0.2) is 65.1 Å². The number of allylic oxidation sites excluding steroid dienone is 1. The van der Waals surface area contributed by atoms with Crippen LogP contribution in [0.1, 0.15) is 89.0 Å². The molecule has 5 atom stereocenters. The van der Waals surface area contributed by atoms with Gasteiger partial charge in [-0.1, -0.05) is 62.1 Å². The molecule has 3 saturated carbocycles. The van der Waals surface area contributed by atoms with E-state index in [-0.39, 0.29) is 54.1 Å². The van der Waals surface area contributed by atoms with Crippen molar-refractivity contribution in [1.82, 2.24) is 30.2 Å². The Hall–Kier alpha value is -5.52. The van der Waals surface area contributed by atoms with Gasteiger partial charge in [-0.2, -0.15) is 18.2 Å². The Balaban J connectivity index is 1.06. The van der Waals surface area contributed by atoms with E-state index in [2.05, 4.69) is 25.3 Å². The molecule has 62 heavy (non-hydrogen) atoms. The number of halogens is 3. The van der Waals surface area contributed by atoms with Crippen LogP contribution in [0.5, 0.6) is 5.88 Å². The molecule has 4 fully saturated rings. The predicted molar refractivity (Wildman–Crippen MR) is 219 cm³/mol. The van der Waals surface area contributed by atoms with E-state index in [1.54, 1.807) is 24.3 Å². The number of rotatable bonds is 8. The lowest BCUT2D eigenvalue weighted by Crippen LogP contribution is -2.58. The molecule has 5 aliphatic rings. The Kier molecular flexibility index (Phi) is 11.0. The van der Waals surface area contributed by atoms with Crippen LogP contribution in [0.25, 0.3) is 33.5 Å². The molecule has 4 amide bonds. The molecular formula is C44H47F3N6O8S. The number of nitrogens with zero attached hydrogens (tertiary/aromatic N) is 3. The molecule has 0 unspecified atom stereocenters. The van der Waals surface area contributed by atoms with Crippen molar-refractivity contribution < 1.29 is 49.9 Å². The summed E-state index contributed by atoms with van der Waals surface area (Å²) in [5.41, 5.74) is -1.24. The fraction of sp³-hybridized carbons (Fsp3) is 0.500. The zero-order valence-electron chi connectivity index (χ0n) is 33.8. The molecule has 9 rings (SSSR count). The fourth-order valence-corrected chi connectivity index (χ4v) is 10.4. The zero-order valence-corrected chi connectivity index (χ0v) is 34.6. The number of amides is 4. The first-order valence-electron chi connectivity index (χ1n) is 21.4. The smallest absolute Gasteiger partial charge is 0.416 e. The summed E-state index contributed by atoms with van der Waals surface area (Å²) >= 11 is 0. The lowest BCUT2D eigenvalue weighted by molar-refractivity contribution is -0.143. The summed E-state index contributed by atoms with van der Waals surface area (Å²) in [6.07, 6.45) is 5.61. The number of hydrogen-bond donors (Lipinski definition) is 3. The van der Waals surface area contributed by atoms with Crippen LogP contribution in [0.4, 0.5) is 13.2 Å². The summed E-state index contributed by atoms with van der Waals surface area (Å²) in [5.74, 6) is -2.99. The second kappa shape index (κ2) is 16.3. The number of furan rings is 1. The molecule has 2 aromatic carbocycles.